The topological polar surface area (TPSA) is 29.1 Å². The highest BCUT2D eigenvalue weighted by atomic mass is 32.1. The third-order valence-corrected chi connectivity index (χ3v) is 5.81. The lowest BCUT2D eigenvalue weighted by molar-refractivity contribution is -0.120. The van der Waals surface area contributed by atoms with Crippen LogP contribution in [0.15, 0.2) is 0 Å². The van der Waals surface area contributed by atoms with Crippen LogP contribution in [0.5, 0.6) is 0 Å². The summed E-state index contributed by atoms with van der Waals surface area (Å²) in [6.07, 6.45) is 4.87. The van der Waals surface area contributed by atoms with Crippen molar-refractivity contribution in [3.63, 3.8) is 0 Å². The molecule has 2 saturated carbocycles. The van der Waals surface area contributed by atoms with Gasteiger partial charge in [0.2, 0.25) is 0 Å². The van der Waals surface area contributed by atoms with Crippen molar-refractivity contribution in [2.24, 2.45) is 29.6 Å². The molecule has 0 heterocycles. The van der Waals surface area contributed by atoms with Crippen LogP contribution in [-0.4, -0.2) is 24.1 Å². The molecular weight excluding hydrogens is 254 g/mol. The van der Waals surface area contributed by atoms with Gasteiger partial charge in [0.25, 0.3) is 0 Å². The van der Waals surface area contributed by atoms with Crippen LogP contribution in [0.25, 0.3) is 0 Å². The van der Waals surface area contributed by atoms with E-state index in [2.05, 4.69) is 31.8 Å². The fourth-order valence-electron chi connectivity index (χ4n) is 3.62. The summed E-state index contributed by atoms with van der Waals surface area (Å²) in [6.45, 7) is 7.62. The molecule has 0 saturated heterocycles. The Kier molecular flexibility index (Phi) is 5.36. The molecule has 2 aliphatic carbocycles. The number of ketones is 1. The third-order valence-electron chi connectivity index (χ3n) is 5.45. The molecule has 19 heavy (non-hydrogen) atoms. The average Bonchev–Trinajstić information content (AvgIpc) is 3.31. The van der Waals surface area contributed by atoms with Gasteiger partial charge in [0.05, 0.1) is 6.04 Å². The Morgan fingerprint density at radius 2 is 2.05 bits per heavy atom. The van der Waals surface area contributed by atoms with Crippen molar-refractivity contribution in [2.45, 2.75) is 52.5 Å². The van der Waals surface area contributed by atoms with E-state index >= 15 is 0 Å². The second-order valence-corrected chi connectivity index (χ2v) is 6.92. The average molecular weight is 283 g/mol. The fraction of sp³-hybridized carbons (Fsp3) is 0.938. The lowest BCUT2D eigenvalue weighted by atomic mass is 10.1. The van der Waals surface area contributed by atoms with Gasteiger partial charge in [0, 0.05) is 12.2 Å². The van der Waals surface area contributed by atoms with Crippen LogP contribution >= 0.6 is 12.6 Å². The number of hydrogen-bond acceptors (Lipinski definition) is 3. The number of hydrogen-bond donors (Lipinski definition) is 2. The molecule has 0 spiro atoms. The molecule has 0 aliphatic heterocycles. The van der Waals surface area contributed by atoms with Crippen molar-refractivity contribution in [3.05, 3.63) is 0 Å². The molecule has 0 amide bonds. The van der Waals surface area contributed by atoms with E-state index in [4.69, 9.17) is 0 Å². The van der Waals surface area contributed by atoms with Crippen molar-refractivity contribution in [1.82, 2.24) is 5.32 Å². The summed E-state index contributed by atoms with van der Waals surface area (Å²) < 4.78 is 0. The van der Waals surface area contributed by atoms with Gasteiger partial charge in [0.15, 0.2) is 0 Å². The van der Waals surface area contributed by atoms with Crippen LogP contribution in [0.3, 0.4) is 0 Å². The molecule has 0 aromatic heterocycles. The van der Waals surface area contributed by atoms with Gasteiger partial charge in [0.1, 0.15) is 5.78 Å². The minimum Gasteiger partial charge on any atom is -0.307 e. The molecule has 1 N–H and O–H groups in total. The maximum Gasteiger partial charge on any atom is 0.150 e. The summed E-state index contributed by atoms with van der Waals surface area (Å²) in [5.41, 5.74) is 0. The molecule has 2 fully saturated rings. The molecule has 2 aliphatic rings. The number of thiol groups is 1. The first-order chi connectivity index (χ1) is 9.12. The highest BCUT2D eigenvalue weighted by molar-refractivity contribution is 7.80. The Labute approximate surface area is 123 Å². The van der Waals surface area contributed by atoms with Crippen LogP contribution < -0.4 is 5.32 Å². The van der Waals surface area contributed by atoms with E-state index in [1.54, 1.807) is 0 Å². The summed E-state index contributed by atoms with van der Waals surface area (Å²) in [4.78, 5) is 11.7. The maximum absolute atomic E-state index is 11.7. The van der Waals surface area contributed by atoms with E-state index in [-0.39, 0.29) is 6.04 Å². The van der Waals surface area contributed by atoms with E-state index in [0.29, 0.717) is 18.0 Å². The first-order valence-electron chi connectivity index (χ1n) is 7.99. The number of carbonyl (C=O) groups excluding carboxylic acids is 1. The molecule has 6 unspecified atom stereocenters. The van der Waals surface area contributed by atoms with E-state index in [1.807, 2.05) is 6.92 Å². The normalized spacial score (nSPS) is 38.0. The molecule has 110 valence electrons. The minimum atomic E-state index is -0.0360. The van der Waals surface area contributed by atoms with Crippen molar-refractivity contribution in [1.29, 1.82) is 0 Å². The van der Waals surface area contributed by atoms with Crippen molar-refractivity contribution >= 4 is 18.4 Å². The standard InChI is InChI=1S/C16H29NOS/c1-4-11-6-12(11)7-13-10(3)14(13)8-17-15(9-19)16(18)5-2/h10-15,17,19H,4-9H2,1-3H3. The van der Waals surface area contributed by atoms with E-state index in [1.165, 1.54) is 19.3 Å². The molecule has 0 aromatic rings. The van der Waals surface area contributed by atoms with Crippen LogP contribution in [0.4, 0.5) is 0 Å². The maximum atomic E-state index is 11.7. The predicted octanol–water partition coefficient (Wildman–Crippen LogP) is 3.17. The van der Waals surface area contributed by atoms with E-state index < -0.39 is 0 Å². The first-order valence-corrected chi connectivity index (χ1v) is 8.62. The number of rotatable bonds is 9. The van der Waals surface area contributed by atoms with Gasteiger partial charge in [-0.3, -0.25) is 4.79 Å². The van der Waals surface area contributed by atoms with Crippen LogP contribution in [0.2, 0.25) is 0 Å². The van der Waals surface area contributed by atoms with Crippen molar-refractivity contribution in [3.8, 4) is 0 Å². The fourth-order valence-corrected chi connectivity index (χ4v) is 3.95. The molecular formula is C16H29NOS. The number of carbonyl (C=O) groups is 1. The second kappa shape index (κ2) is 6.62. The highest BCUT2D eigenvalue weighted by Crippen LogP contribution is 2.55. The smallest absolute Gasteiger partial charge is 0.150 e. The van der Waals surface area contributed by atoms with E-state index in [0.717, 1.165) is 36.1 Å². The summed E-state index contributed by atoms with van der Waals surface area (Å²) >= 11 is 4.28. The van der Waals surface area contributed by atoms with Crippen LogP contribution in [0.1, 0.15) is 46.5 Å². The van der Waals surface area contributed by atoms with Gasteiger partial charge in [-0.25, -0.2) is 0 Å². The summed E-state index contributed by atoms with van der Waals surface area (Å²) in [5, 5.41) is 3.44. The van der Waals surface area contributed by atoms with E-state index in [9.17, 15) is 4.79 Å². The quantitative estimate of drug-likeness (QED) is 0.636. The van der Waals surface area contributed by atoms with Gasteiger partial charge in [-0.05, 0) is 49.0 Å². The molecule has 0 bridgehead atoms. The predicted molar refractivity (Wildman–Crippen MR) is 83.6 cm³/mol. The molecule has 3 heteroatoms. The van der Waals surface area contributed by atoms with Crippen LogP contribution in [0, 0.1) is 29.6 Å². The largest absolute Gasteiger partial charge is 0.307 e. The van der Waals surface area contributed by atoms with Gasteiger partial charge in [-0.2, -0.15) is 12.6 Å². The Hall–Kier alpha value is -0.0200. The molecule has 0 aromatic carbocycles. The zero-order chi connectivity index (χ0) is 14.0. The third kappa shape index (κ3) is 3.75. The van der Waals surface area contributed by atoms with Gasteiger partial charge >= 0.3 is 0 Å². The summed E-state index contributed by atoms with van der Waals surface area (Å²) in [7, 11) is 0. The summed E-state index contributed by atoms with van der Waals surface area (Å²) in [5.74, 6) is 5.51. The Morgan fingerprint density at radius 1 is 1.32 bits per heavy atom. The lowest BCUT2D eigenvalue weighted by Gasteiger charge is -2.14. The zero-order valence-electron chi connectivity index (χ0n) is 12.6. The molecule has 6 atom stereocenters. The monoisotopic (exact) mass is 283 g/mol. The molecule has 2 nitrogen and oxygen atoms in total. The SMILES string of the molecule is CCC(=O)C(CS)NCC1C(C)C1CC1CC1CC. The number of Topliss-reactive ketones (excluding diaryl/α,β-unsaturated/α-hetero) is 1. The summed E-state index contributed by atoms with van der Waals surface area (Å²) in [6, 6.07) is -0.0360. The highest BCUT2D eigenvalue weighted by Gasteiger charge is 2.50. The molecule has 2 rings (SSSR count). The minimum absolute atomic E-state index is 0.0360. The van der Waals surface area contributed by atoms with Gasteiger partial charge < -0.3 is 5.32 Å². The first kappa shape index (κ1) is 15.4. The van der Waals surface area contributed by atoms with Crippen molar-refractivity contribution < 1.29 is 4.79 Å². The second-order valence-electron chi connectivity index (χ2n) is 6.55. The number of nitrogens with one attached hydrogen (secondary N) is 1. The van der Waals surface area contributed by atoms with Crippen molar-refractivity contribution in [2.75, 3.05) is 12.3 Å². The Morgan fingerprint density at radius 3 is 2.58 bits per heavy atom. The Bertz CT molecular complexity index is 320. The zero-order valence-corrected chi connectivity index (χ0v) is 13.5. The molecule has 0 radical (unpaired) electrons. The van der Waals surface area contributed by atoms with Gasteiger partial charge in [-0.1, -0.05) is 27.2 Å². The lowest BCUT2D eigenvalue weighted by Crippen LogP contribution is -2.39. The van der Waals surface area contributed by atoms with Crippen LogP contribution in [-0.2, 0) is 4.79 Å². The van der Waals surface area contributed by atoms with Gasteiger partial charge in [-0.15, -0.1) is 0 Å². The Balaban J connectivity index is 1.68.